The number of hydrogen-bond acceptors (Lipinski definition) is 4. The fourth-order valence-electron chi connectivity index (χ4n) is 2.19. The fourth-order valence-corrected chi connectivity index (χ4v) is 2.19. The molecule has 0 aromatic heterocycles. The van der Waals surface area contributed by atoms with Gasteiger partial charge >= 0.3 is 6.61 Å². The van der Waals surface area contributed by atoms with Gasteiger partial charge in [-0.1, -0.05) is 12.1 Å². The molecule has 0 aliphatic carbocycles. The first-order chi connectivity index (χ1) is 12.5. The van der Waals surface area contributed by atoms with E-state index in [1.54, 1.807) is 36.4 Å². The third-order valence-electron chi connectivity index (χ3n) is 3.28. The first-order valence-corrected chi connectivity index (χ1v) is 7.87. The second-order valence-electron chi connectivity index (χ2n) is 5.04. The van der Waals surface area contributed by atoms with Crippen molar-refractivity contribution >= 4 is 17.7 Å². The number of para-hydroxylation sites is 1. The summed E-state index contributed by atoms with van der Waals surface area (Å²) in [4.78, 5) is 12.0. The quantitative estimate of drug-likeness (QED) is 0.709. The van der Waals surface area contributed by atoms with Crippen molar-refractivity contribution in [3.63, 3.8) is 0 Å². The van der Waals surface area contributed by atoms with E-state index in [1.165, 1.54) is 25.3 Å². The van der Waals surface area contributed by atoms with E-state index in [-0.39, 0.29) is 11.5 Å². The highest BCUT2D eigenvalue weighted by Crippen LogP contribution is 2.33. The number of ether oxygens (including phenoxy) is 3. The molecule has 26 heavy (non-hydrogen) atoms. The zero-order valence-corrected chi connectivity index (χ0v) is 14.4. The zero-order chi connectivity index (χ0) is 18.9. The van der Waals surface area contributed by atoms with E-state index < -0.39 is 12.5 Å². The maximum absolute atomic E-state index is 12.6. The lowest BCUT2D eigenvalue weighted by atomic mass is 10.1. The smallest absolute Gasteiger partial charge is 0.387 e. The van der Waals surface area contributed by atoms with Gasteiger partial charge in [-0.15, -0.1) is 0 Å². The van der Waals surface area contributed by atoms with Crippen LogP contribution >= 0.6 is 0 Å². The van der Waals surface area contributed by atoms with E-state index >= 15 is 0 Å². The predicted octanol–water partition coefficient (Wildman–Crippen LogP) is 4.35. The predicted molar refractivity (Wildman–Crippen MR) is 94.9 cm³/mol. The highest BCUT2D eigenvalue weighted by Gasteiger charge is 2.14. The molecule has 5 nitrogen and oxygen atoms in total. The molecule has 0 saturated heterocycles. The molecular formula is C19H19F2NO4. The summed E-state index contributed by atoms with van der Waals surface area (Å²) in [5.74, 6) is 0.306. The SMILES string of the molecule is CCOc1ccc(NC(=O)/C=C/c2cccc(OC)c2OC(F)F)cc1. The number of hydrogen-bond donors (Lipinski definition) is 1. The van der Waals surface area contributed by atoms with Crippen molar-refractivity contribution in [2.45, 2.75) is 13.5 Å². The zero-order valence-electron chi connectivity index (χ0n) is 14.4. The second-order valence-corrected chi connectivity index (χ2v) is 5.04. The van der Waals surface area contributed by atoms with Crippen molar-refractivity contribution in [1.82, 2.24) is 0 Å². The van der Waals surface area contributed by atoms with Crippen LogP contribution in [-0.2, 0) is 4.79 Å². The Balaban J connectivity index is 2.09. The van der Waals surface area contributed by atoms with Crippen LogP contribution in [0, 0.1) is 0 Å². The maximum atomic E-state index is 12.6. The molecule has 0 aliphatic heterocycles. The van der Waals surface area contributed by atoms with E-state index in [0.717, 1.165) is 0 Å². The summed E-state index contributed by atoms with van der Waals surface area (Å²) in [6, 6.07) is 11.5. The van der Waals surface area contributed by atoms with Gasteiger partial charge in [-0.3, -0.25) is 4.79 Å². The minimum Gasteiger partial charge on any atom is -0.494 e. The van der Waals surface area contributed by atoms with E-state index in [4.69, 9.17) is 9.47 Å². The number of rotatable bonds is 8. The van der Waals surface area contributed by atoms with Crippen LogP contribution in [0.4, 0.5) is 14.5 Å². The number of amides is 1. The molecule has 2 rings (SSSR count). The lowest BCUT2D eigenvalue weighted by molar-refractivity contribution is -0.111. The number of carbonyl (C=O) groups is 1. The van der Waals surface area contributed by atoms with Crippen LogP contribution in [0.3, 0.4) is 0 Å². The van der Waals surface area contributed by atoms with Crippen LogP contribution in [0.25, 0.3) is 6.08 Å². The van der Waals surface area contributed by atoms with E-state index in [1.807, 2.05) is 6.92 Å². The molecule has 0 bridgehead atoms. The summed E-state index contributed by atoms with van der Waals surface area (Å²) in [5.41, 5.74) is 0.879. The Hall–Kier alpha value is -3.09. The molecule has 2 aromatic rings. The summed E-state index contributed by atoms with van der Waals surface area (Å²) in [6.45, 7) is -0.570. The van der Waals surface area contributed by atoms with E-state index in [0.29, 0.717) is 23.6 Å². The van der Waals surface area contributed by atoms with Crippen LogP contribution in [-0.4, -0.2) is 26.2 Å². The third kappa shape index (κ3) is 5.47. The fraction of sp³-hybridized carbons (Fsp3) is 0.211. The Morgan fingerprint density at radius 3 is 2.54 bits per heavy atom. The molecule has 0 saturated carbocycles. The minimum absolute atomic E-state index is 0.130. The van der Waals surface area contributed by atoms with Crippen molar-refractivity contribution < 1.29 is 27.8 Å². The Bertz CT molecular complexity index is 761. The van der Waals surface area contributed by atoms with Gasteiger partial charge in [0.25, 0.3) is 0 Å². The van der Waals surface area contributed by atoms with Crippen molar-refractivity contribution in [2.24, 2.45) is 0 Å². The third-order valence-corrected chi connectivity index (χ3v) is 3.28. The van der Waals surface area contributed by atoms with Crippen LogP contribution < -0.4 is 19.5 Å². The normalized spacial score (nSPS) is 10.8. The first kappa shape index (κ1) is 19.2. The van der Waals surface area contributed by atoms with Crippen molar-refractivity contribution in [3.8, 4) is 17.2 Å². The largest absolute Gasteiger partial charge is 0.494 e. The number of alkyl halides is 2. The second kappa shape index (κ2) is 9.41. The van der Waals surface area contributed by atoms with Gasteiger partial charge in [0.1, 0.15) is 5.75 Å². The number of nitrogens with one attached hydrogen (secondary N) is 1. The van der Waals surface area contributed by atoms with Gasteiger partial charge < -0.3 is 19.5 Å². The monoisotopic (exact) mass is 363 g/mol. The Labute approximate surface area is 150 Å². The van der Waals surface area contributed by atoms with Crippen LogP contribution in [0.15, 0.2) is 48.5 Å². The van der Waals surface area contributed by atoms with Gasteiger partial charge in [0.05, 0.1) is 13.7 Å². The molecule has 0 atom stereocenters. The van der Waals surface area contributed by atoms with Crippen LogP contribution in [0.2, 0.25) is 0 Å². The van der Waals surface area contributed by atoms with Gasteiger partial charge in [0.2, 0.25) is 5.91 Å². The average molecular weight is 363 g/mol. The minimum atomic E-state index is -3.00. The molecule has 0 unspecified atom stereocenters. The first-order valence-electron chi connectivity index (χ1n) is 7.87. The van der Waals surface area contributed by atoms with Crippen molar-refractivity contribution in [3.05, 3.63) is 54.1 Å². The molecule has 2 aromatic carbocycles. The lowest BCUT2D eigenvalue weighted by Gasteiger charge is -2.12. The molecule has 1 amide bonds. The topological polar surface area (TPSA) is 56.8 Å². The molecule has 1 N–H and O–H groups in total. The lowest BCUT2D eigenvalue weighted by Crippen LogP contribution is -2.08. The van der Waals surface area contributed by atoms with Gasteiger partial charge in [0, 0.05) is 17.3 Å². The van der Waals surface area contributed by atoms with Gasteiger partial charge in [-0.05, 0) is 43.3 Å². The highest BCUT2D eigenvalue weighted by molar-refractivity contribution is 6.02. The molecule has 0 spiro atoms. The number of carbonyl (C=O) groups excluding carboxylic acids is 1. The number of halogens is 2. The summed E-state index contributed by atoms with van der Waals surface area (Å²) < 4.78 is 40.0. The molecule has 0 aliphatic rings. The number of benzene rings is 2. The highest BCUT2D eigenvalue weighted by atomic mass is 19.3. The van der Waals surface area contributed by atoms with Gasteiger partial charge in [0.15, 0.2) is 11.5 Å². The standard InChI is InChI=1S/C19H19F2NO4/c1-3-25-15-10-8-14(9-11-15)22-17(23)12-7-13-5-4-6-16(24-2)18(13)26-19(20)21/h4-12,19H,3H2,1-2H3,(H,22,23)/b12-7+. The summed E-state index contributed by atoms with van der Waals surface area (Å²) in [6.07, 6.45) is 2.60. The molecule has 0 fully saturated rings. The van der Waals surface area contributed by atoms with E-state index in [2.05, 4.69) is 10.1 Å². The Kier molecular flexibility index (Phi) is 6.96. The van der Waals surface area contributed by atoms with Crippen molar-refractivity contribution in [1.29, 1.82) is 0 Å². The molecule has 7 heteroatoms. The maximum Gasteiger partial charge on any atom is 0.387 e. The molecule has 138 valence electrons. The molecule has 0 heterocycles. The molecular weight excluding hydrogens is 344 g/mol. The summed E-state index contributed by atoms with van der Waals surface area (Å²) in [5, 5.41) is 2.67. The van der Waals surface area contributed by atoms with Crippen LogP contribution in [0.5, 0.6) is 17.2 Å². The van der Waals surface area contributed by atoms with Gasteiger partial charge in [-0.2, -0.15) is 8.78 Å². The molecule has 0 radical (unpaired) electrons. The van der Waals surface area contributed by atoms with Crippen molar-refractivity contribution in [2.75, 3.05) is 19.0 Å². The summed E-state index contributed by atoms with van der Waals surface area (Å²) in [7, 11) is 1.35. The van der Waals surface area contributed by atoms with Crippen LogP contribution in [0.1, 0.15) is 12.5 Å². The summed E-state index contributed by atoms with van der Waals surface area (Å²) >= 11 is 0. The Morgan fingerprint density at radius 1 is 1.19 bits per heavy atom. The van der Waals surface area contributed by atoms with Gasteiger partial charge in [-0.25, -0.2) is 0 Å². The average Bonchev–Trinajstić information content (AvgIpc) is 2.62. The van der Waals surface area contributed by atoms with E-state index in [9.17, 15) is 13.6 Å². The number of anilines is 1. The number of methoxy groups -OCH3 is 1. The Morgan fingerprint density at radius 2 is 1.92 bits per heavy atom.